The van der Waals surface area contributed by atoms with Crippen LogP contribution in [-0.4, -0.2) is 59.7 Å². The monoisotopic (exact) mass is 132 g/mol. The molecule has 0 fully saturated rings. The third-order valence-corrected chi connectivity index (χ3v) is 0.471. The summed E-state index contributed by atoms with van der Waals surface area (Å²) in [5.74, 6) is 0. The molecule has 0 aliphatic carbocycles. The third-order valence-electron chi connectivity index (χ3n) is 0.471. The summed E-state index contributed by atoms with van der Waals surface area (Å²) in [5, 5.41) is 16.2. The van der Waals surface area contributed by atoms with Crippen molar-refractivity contribution in [2.45, 2.75) is 0 Å². The molecule has 0 aromatic heterocycles. The van der Waals surface area contributed by atoms with Crippen LogP contribution in [0.2, 0.25) is 0 Å². The third kappa shape index (κ3) is 9.82. The molecular weight excluding hydrogens is 120 g/mol. The van der Waals surface area contributed by atoms with E-state index in [0.29, 0.717) is 13.2 Å². The molecule has 3 nitrogen and oxygen atoms in total. The molecule has 0 radical (unpaired) electrons. The van der Waals surface area contributed by atoms with Gasteiger partial charge >= 0.3 is 23.1 Å². The first kappa shape index (κ1) is 11.4. The SMILES string of the molecule is OCCOCCO.[H-].[H-].[Mg+2]. The summed E-state index contributed by atoms with van der Waals surface area (Å²) in [4.78, 5) is 0. The predicted octanol–water partition coefficient (Wildman–Crippen LogP) is -1.17. The Bertz CT molecular complexity index is 37.7. The van der Waals surface area contributed by atoms with Crippen LogP contribution in [0, 0.1) is 0 Å². The fraction of sp³-hybridized carbons (Fsp3) is 1.00. The van der Waals surface area contributed by atoms with Crippen molar-refractivity contribution in [3.8, 4) is 0 Å². The zero-order valence-electron chi connectivity index (χ0n) is 6.84. The predicted molar refractivity (Wildman–Crippen MR) is 33.0 cm³/mol. The summed E-state index contributed by atoms with van der Waals surface area (Å²) >= 11 is 0. The topological polar surface area (TPSA) is 49.7 Å². The maximum atomic E-state index is 8.09. The summed E-state index contributed by atoms with van der Waals surface area (Å²) in [6, 6.07) is 0. The van der Waals surface area contributed by atoms with E-state index in [0.717, 1.165) is 0 Å². The molecule has 48 valence electrons. The Morgan fingerprint density at radius 3 is 1.75 bits per heavy atom. The van der Waals surface area contributed by atoms with Crippen molar-refractivity contribution >= 4 is 23.1 Å². The van der Waals surface area contributed by atoms with Crippen LogP contribution >= 0.6 is 0 Å². The van der Waals surface area contributed by atoms with Gasteiger partial charge < -0.3 is 17.8 Å². The van der Waals surface area contributed by atoms with Crippen LogP contribution in [0.4, 0.5) is 0 Å². The molecule has 0 aromatic rings. The molecule has 0 saturated heterocycles. The Labute approximate surface area is 67.8 Å². The van der Waals surface area contributed by atoms with E-state index < -0.39 is 0 Å². The van der Waals surface area contributed by atoms with Crippen LogP contribution in [0.5, 0.6) is 0 Å². The summed E-state index contributed by atoms with van der Waals surface area (Å²) in [5.41, 5.74) is 0. The van der Waals surface area contributed by atoms with Crippen LogP contribution < -0.4 is 0 Å². The van der Waals surface area contributed by atoms with Crippen LogP contribution in [0.25, 0.3) is 0 Å². The van der Waals surface area contributed by atoms with Gasteiger partial charge in [0.15, 0.2) is 0 Å². The second kappa shape index (κ2) is 10.6. The second-order valence-corrected chi connectivity index (χ2v) is 1.06. The van der Waals surface area contributed by atoms with Crippen molar-refractivity contribution in [2.75, 3.05) is 26.4 Å². The molecule has 0 amide bonds. The van der Waals surface area contributed by atoms with E-state index in [1.54, 1.807) is 0 Å². The van der Waals surface area contributed by atoms with Gasteiger partial charge in [0.1, 0.15) is 0 Å². The average molecular weight is 132 g/mol. The van der Waals surface area contributed by atoms with E-state index in [9.17, 15) is 0 Å². The Balaban J connectivity index is -0.0000000600. The number of aliphatic hydroxyl groups excluding tert-OH is 2. The standard InChI is InChI=1S/C4H10O3.Mg.2H/c5-1-3-7-4-2-6;;;/h5-6H,1-4H2;;;/q;+2;2*-1. The summed E-state index contributed by atoms with van der Waals surface area (Å²) in [6.07, 6.45) is 0. The molecule has 0 rings (SSSR count). The van der Waals surface area contributed by atoms with Gasteiger partial charge in [-0.15, -0.1) is 0 Å². The van der Waals surface area contributed by atoms with Crippen molar-refractivity contribution in [2.24, 2.45) is 0 Å². The van der Waals surface area contributed by atoms with Crippen LogP contribution in [0.3, 0.4) is 0 Å². The van der Waals surface area contributed by atoms with E-state index >= 15 is 0 Å². The zero-order valence-corrected chi connectivity index (χ0v) is 6.25. The quantitative estimate of drug-likeness (QED) is 0.374. The van der Waals surface area contributed by atoms with E-state index in [-0.39, 0.29) is 39.1 Å². The minimum Gasteiger partial charge on any atom is -1.00 e. The molecule has 4 heteroatoms. The van der Waals surface area contributed by atoms with Gasteiger partial charge in [-0.1, -0.05) is 0 Å². The van der Waals surface area contributed by atoms with Gasteiger partial charge in [0, 0.05) is 0 Å². The van der Waals surface area contributed by atoms with E-state index in [1.165, 1.54) is 0 Å². The summed E-state index contributed by atoms with van der Waals surface area (Å²) in [7, 11) is 0. The molecule has 0 aliphatic rings. The molecule has 0 atom stereocenters. The minimum atomic E-state index is 0. The van der Waals surface area contributed by atoms with Crippen molar-refractivity contribution in [3.05, 3.63) is 0 Å². The van der Waals surface area contributed by atoms with Crippen LogP contribution in [-0.2, 0) is 4.74 Å². The zero-order chi connectivity index (χ0) is 5.54. The fourth-order valence-corrected chi connectivity index (χ4v) is 0.231. The Morgan fingerprint density at radius 1 is 1.12 bits per heavy atom. The smallest absolute Gasteiger partial charge is 1.00 e. The van der Waals surface area contributed by atoms with Crippen molar-refractivity contribution in [1.29, 1.82) is 0 Å². The molecule has 0 saturated carbocycles. The summed E-state index contributed by atoms with van der Waals surface area (Å²) in [6.45, 7) is 0.696. The van der Waals surface area contributed by atoms with E-state index in [4.69, 9.17) is 10.2 Å². The van der Waals surface area contributed by atoms with Crippen LogP contribution in [0.15, 0.2) is 0 Å². The van der Waals surface area contributed by atoms with Gasteiger partial charge in [0.2, 0.25) is 0 Å². The molecular formula is C4H12MgO3. The molecule has 0 aromatic carbocycles. The Morgan fingerprint density at radius 2 is 1.50 bits per heavy atom. The Kier molecular flexibility index (Phi) is 15.2. The molecule has 0 bridgehead atoms. The fourth-order valence-electron chi connectivity index (χ4n) is 0.231. The Hall–Kier alpha value is 0.646. The molecule has 2 N–H and O–H groups in total. The van der Waals surface area contributed by atoms with Gasteiger partial charge in [0.25, 0.3) is 0 Å². The first-order valence-corrected chi connectivity index (χ1v) is 2.21. The van der Waals surface area contributed by atoms with Gasteiger partial charge in [-0.25, -0.2) is 0 Å². The van der Waals surface area contributed by atoms with Gasteiger partial charge in [-0.3, -0.25) is 0 Å². The molecule has 0 heterocycles. The number of hydrogen-bond acceptors (Lipinski definition) is 3. The largest absolute Gasteiger partial charge is 2.00 e. The maximum absolute atomic E-state index is 8.09. The minimum absolute atomic E-state index is 0. The van der Waals surface area contributed by atoms with Gasteiger partial charge in [-0.05, 0) is 0 Å². The molecule has 0 aliphatic heterocycles. The number of rotatable bonds is 4. The average Bonchev–Trinajstić information content (AvgIpc) is 1.69. The normalized spacial score (nSPS) is 8.25. The van der Waals surface area contributed by atoms with Crippen molar-refractivity contribution in [3.63, 3.8) is 0 Å². The second-order valence-electron chi connectivity index (χ2n) is 1.06. The molecule has 0 spiro atoms. The van der Waals surface area contributed by atoms with Gasteiger partial charge in [0.05, 0.1) is 26.4 Å². The van der Waals surface area contributed by atoms with Crippen molar-refractivity contribution in [1.82, 2.24) is 0 Å². The maximum Gasteiger partial charge on any atom is 2.00 e. The number of hydrogen-bond donors (Lipinski definition) is 2. The molecule has 8 heavy (non-hydrogen) atoms. The number of aliphatic hydroxyl groups is 2. The van der Waals surface area contributed by atoms with Crippen LogP contribution in [0.1, 0.15) is 2.85 Å². The number of ether oxygens (including phenoxy) is 1. The summed E-state index contributed by atoms with van der Waals surface area (Å²) < 4.78 is 4.63. The molecule has 0 unspecified atom stereocenters. The van der Waals surface area contributed by atoms with E-state index in [1.807, 2.05) is 0 Å². The van der Waals surface area contributed by atoms with E-state index in [2.05, 4.69) is 4.74 Å². The first-order valence-electron chi connectivity index (χ1n) is 2.21. The first-order chi connectivity index (χ1) is 3.41. The van der Waals surface area contributed by atoms with Gasteiger partial charge in [-0.2, -0.15) is 0 Å². The van der Waals surface area contributed by atoms with Crippen molar-refractivity contribution < 1.29 is 17.8 Å².